The molecule has 1 fully saturated rings. The van der Waals surface area contributed by atoms with E-state index in [0.717, 1.165) is 0 Å². The molecule has 4 nitrogen and oxygen atoms in total. The molecule has 0 spiro atoms. The molecule has 1 aliphatic heterocycles. The summed E-state index contributed by atoms with van der Waals surface area (Å²) in [7, 11) is -2.30. The fraction of sp³-hybridized carbons (Fsp3) is 0.333. The van der Waals surface area contributed by atoms with E-state index in [1.807, 2.05) is 0 Å². The highest BCUT2D eigenvalue weighted by molar-refractivity contribution is 7.75. The van der Waals surface area contributed by atoms with Crippen LogP contribution in [-0.4, -0.2) is 25.7 Å². The molecular formula is C3H3NO3S. The third kappa shape index (κ3) is 0.604. The summed E-state index contributed by atoms with van der Waals surface area (Å²) in [6.45, 7) is 0.189. The van der Waals surface area contributed by atoms with Crippen molar-refractivity contribution in [3.05, 3.63) is 0 Å². The minimum Gasteiger partial charge on any atom is -0.346 e. The fourth-order valence-corrected chi connectivity index (χ4v) is 0.781. The summed E-state index contributed by atoms with van der Waals surface area (Å²) in [6.07, 6.45) is 0. The molecule has 0 aromatic rings. The molecule has 1 heterocycles. The zero-order valence-electron chi connectivity index (χ0n) is 3.84. The summed E-state index contributed by atoms with van der Waals surface area (Å²) in [5, 5.41) is 2.27. The van der Waals surface area contributed by atoms with Crippen molar-refractivity contribution in [1.29, 1.82) is 0 Å². The molecular weight excluding hydrogens is 130 g/mol. The maximum absolute atomic E-state index is 10.1. The van der Waals surface area contributed by atoms with Gasteiger partial charge in [-0.15, -0.1) is 0 Å². The van der Waals surface area contributed by atoms with Crippen LogP contribution in [0.2, 0.25) is 0 Å². The largest absolute Gasteiger partial charge is 0.346 e. The average molecular weight is 133 g/mol. The van der Waals surface area contributed by atoms with Crippen LogP contribution in [0.3, 0.4) is 0 Å². The van der Waals surface area contributed by atoms with Gasteiger partial charge in [0.15, 0.2) is 4.86 Å². The van der Waals surface area contributed by atoms with Crippen LogP contribution in [0, 0.1) is 0 Å². The van der Waals surface area contributed by atoms with Crippen molar-refractivity contribution >= 4 is 21.1 Å². The van der Waals surface area contributed by atoms with Crippen LogP contribution in [0.4, 0.5) is 0 Å². The summed E-state index contributed by atoms with van der Waals surface area (Å²) in [6, 6.07) is 0. The summed E-state index contributed by atoms with van der Waals surface area (Å²) in [5.41, 5.74) is 0. The Morgan fingerprint density at radius 2 is 2.12 bits per heavy atom. The van der Waals surface area contributed by atoms with Crippen molar-refractivity contribution in [1.82, 2.24) is 5.32 Å². The fourth-order valence-electron chi connectivity index (χ4n) is 0.367. The quantitative estimate of drug-likeness (QED) is 0.312. The van der Waals surface area contributed by atoms with E-state index in [-0.39, 0.29) is 11.4 Å². The normalized spacial score (nSPS) is 17.0. The van der Waals surface area contributed by atoms with Gasteiger partial charge in [-0.3, -0.25) is 4.79 Å². The highest BCUT2D eigenvalue weighted by atomic mass is 32.2. The van der Waals surface area contributed by atoms with Gasteiger partial charge in [-0.1, -0.05) is 0 Å². The Balaban J connectivity index is 3.09. The number of hydrogen-bond acceptors (Lipinski definition) is 3. The smallest absolute Gasteiger partial charge is 0.264 e. The first-order valence-electron chi connectivity index (χ1n) is 1.95. The summed E-state index contributed by atoms with van der Waals surface area (Å²) in [5.74, 6) is -0.474. The Morgan fingerprint density at radius 1 is 1.50 bits per heavy atom. The minimum atomic E-state index is -2.30. The molecule has 0 saturated carbocycles. The van der Waals surface area contributed by atoms with E-state index in [9.17, 15) is 13.2 Å². The van der Waals surface area contributed by atoms with Crippen LogP contribution in [-0.2, 0) is 15.1 Å². The first-order chi connectivity index (χ1) is 3.72. The van der Waals surface area contributed by atoms with Gasteiger partial charge in [0.25, 0.3) is 5.91 Å². The molecule has 1 aliphatic rings. The standard InChI is InChI=1S/C3H3NO3S/c5-3-2(1-4-3)8(6)7/h1H2,(H,4,5). The number of carbonyl (C=O) groups is 1. The highest BCUT2D eigenvalue weighted by Gasteiger charge is 2.22. The Hall–Kier alpha value is -0.840. The second kappa shape index (κ2) is 1.59. The number of rotatable bonds is 0. The van der Waals surface area contributed by atoms with Gasteiger partial charge in [-0.25, -0.2) is 0 Å². The average Bonchev–Trinajstić information content (AvgIpc) is 1.61. The molecule has 0 aromatic heterocycles. The van der Waals surface area contributed by atoms with E-state index in [1.165, 1.54) is 0 Å². The molecule has 44 valence electrons. The lowest BCUT2D eigenvalue weighted by Crippen LogP contribution is -2.49. The third-order valence-corrected chi connectivity index (χ3v) is 1.60. The number of amides is 1. The van der Waals surface area contributed by atoms with E-state index in [1.54, 1.807) is 0 Å². The number of β-lactam (4-membered cyclic amide) rings is 1. The number of carbonyl (C=O) groups excluding carboxylic acids is 1. The van der Waals surface area contributed by atoms with Gasteiger partial charge in [0, 0.05) is 0 Å². The van der Waals surface area contributed by atoms with E-state index >= 15 is 0 Å². The van der Waals surface area contributed by atoms with Gasteiger partial charge in [0.1, 0.15) is 0 Å². The summed E-state index contributed by atoms with van der Waals surface area (Å²) >= 11 is 0. The number of nitrogens with one attached hydrogen (secondary N) is 1. The van der Waals surface area contributed by atoms with Gasteiger partial charge in [-0.05, 0) is 0 Å². The van der Waals surface area contributed by atoms with E-state index < -0.39 is 16.2 Å². The van der Waals surface area contributed by atoms with Crippen molar-refractivity contribution in [2.45, 2.75) is 0 Å². The Labute approximate surface area is 47.0 Å². The van der Waals surface area contributed by atoms with Crippen LogP contribution < -0.4 is 5.32 Å². The monoisotopic (exact) mass is 133 g/mol. The van der Waals surface area contributed by atoms with Gasteiger partial charge in [-0.2, -0.15) is 8.42 Å². The Morgan fingerprint density at radius 3 is 2.12 bits per heavy atom. The molecule has 1 saturated heterocycles. The molecule has 0 radical (unpaired) electrons. The van der Waals surface area contributed by atoms with Crippen LogP contribution in [0.15, 0.2) is 0 Å². The second-order valence-corrected chi connectivity index (χ2v) is 2.30. The lowest BCUT2D eigenvalue weighted by Gasteiger charge is -2.11. The Bertz CT molecular complexity index is 242. The van der Waals surface area contributed by atoms with Crippen LogP contribution in [0.5, 0.6) is 0 Å². The predicted octanol–water partition coefficient (Wildman–Crippen LogP) is -1.83. The molecule has 5 heteroatoms. The topological polar surface area (TPSA) is 63.2 Å². The first kappa shape index (κ1) is 5.30. The van der Waals surface area contributed by atoms with Gasteiger partial charge in [0.05, 0.1) is 6.54 Å². The highest BCUT2D eigenvalue weighted by Crippen LogP contribution is 1.83. The van der Waals surface area contributed by atoms with Crippen molar-refractivity contribution in [3.63, 3.8) is 0 Å². The van der Waals surface area contributed by atoms with Crippen molar-refractivity contribution in [3.8, 4) is 0 Å². The summed E-state index contributed by atoms with van der Waals surface area (Å²) < 4.78 is 19.8. The maximum atomic E-state index is 10.1. The van der Waals surface area contributed by atoms with Gasteiger partial charge < -0.3 is 5.32 Å². The molecule has 0 atom stereocenters. The molecule has 0 unspecified atom stereocenters. The maximum Gasteiger partial charge on any atom is 0.264 e. The molecule has 0 aromatic carbocycles. The van der Waals surface area contributed by atoms with Crippen molar-refractivity contribution in [2.24, 2.45) is 0 Å². The minimum absolute atomic E-state index is 0.0509. The van der Waals surface area contributed by atoms with E-state index in [2.05, 4.69) is 5.32 Å². The van der Waals surface area contributed by atoms with E-state index in [4.69, 9.17) is 0 Å². The van der Waals surface area contributed by atoms with Gasteiger partial charge in [0.2, 0.25) is 10.3 Å². The lowest BCUT2D eigenvalue weighted by atomic mass is 10.3. The SMILES string of the molecule is O=C1NCC1=S(=O)=O. The second-order valence-electron chi connectivity index (χ2n) is 1.34. The zero-order valence-corrected chi connectivity index (χ0v) is 4.66. The molecule has 1 amide bonds. The molecule has 8 heavy (non-hydrogen) atoms. The first-order valence-corrected chi connectivity index (χ1v) is 3.02. The Kier molecular flexibility index (Phi) is 1.05. The lowest BCUT2D eigenvalue weighted by molar-refractivity contribution is -0.116. The van der Waals surface area contributed by atoms with Gasteiger partial charge >= 0.3 is 0 Å². The summed E-state index contributed by atoms with van der Waals surface area (Å²) in [4.78, 5) is 10.1. The molecule has 0 aliphatic carbocycles. The van der Waals surface area contributed by atoms with Crippen molar-refractivity contribution in [2.75, 3.05) is 6.54 Å². The molecule has 1 rings (SSSR count). The predicted molar refractivity (Wildman–Crippen MR) is 26.9 cm³/mol. The molecule has 0 bridgehead atoms. The zero-order chi connectivity index (χ0) is 6.15. The molecule has 1 N–H and O–H groups in total. The third-order valence-electron chi connectivity index (χ3n) is 0.864. The number of hydrogen-bond donors (Lipinski definition) is 1. The van der Waals surface area contributed by atoms with Crippen LogP contribution >= 0.6 is 0 Å². The van der Waals surface area contributed by atoms with Crippen molar-refractivity contribution < 1.29 is 13.2 Å². The van der Waals surface area contributed by atoms with E-state index in [0.29, 0.717) is 0 Å². The van der Waals surface area contributed by atoms with Crippen LogP contribution in [0.1, 0.15) is 0 Å². The van der Waals surface area contributed by atoms with Crippen LogP contribution in [0.25, 0.3) is 0 Å².